The first-order chi connectivity index (χ1) is 4.16. The van der Waals surface area contributed by atoms with E-state index in [0.29, 0.717) is 6.42 Å². The van der Waals surface area contributed by atoms with Crippen LogP contribution in [0, 0.1) is 0 Å². The minimum atomic E-state index is -0.369. The second kappa shape index (κ2) is 4.77. The Bertz CT molecular complexity index is 61.9. The number of hydrogen-bond donors (Lipinski definition) is 2. The lowest BCUT2D eigenvalue weighted by Crippen LogP contribution is -2.13. The molecule has 0 amide bonds. The predicted molar refractivity (Wildman–Crippen MR) is 37.2 cm³/mol. The Hall–Kier alpha value is -0.0800. The van der Waals surface area contributed by atoms with Crippen LogP contribution in [0.25, 0.3) is 0 Å². The van der Waals surface area contributed by atoms with Gasteiger partial charge in [0.25, 0.3) is 0 Å². The van der Waals surface area contributed by atoms with Crippen LogP contribution in [-0.2, 0) is 0 Å². The van der Waals surface area contributed by atoms with Gasteiger partial charge in [-0.05, 0) is 19.8 Å². The van der Waals surface area contributed by atoms with E-state index in [1.807, 2.05) is 6.92 Å². The first kappa shape index (κ1) is 8.92. The van der Waals surface area contributed by atoms with Gasteiger partial charge in [0.1, 0.15) is 0 Å². The van der Waals surface area contributed by atoms with Crippen molar-refractivity contribution in [3.8, 4) is 0 Å². The van der Waals surface area contributed by atoms with Gasteiger partial charge in [0, 0.05) is 0 Å². The van der Waals surface area contributed by atoms with Gasteiger partial charge in [-0.25, -0.2) is 0 Å². The topological polar surface area (TPSA) is 40.5 Å². The van der Waals surface area contributed by atoms with Crippen molar-refractivity contribution >= 4 is 0 Å². The summed E-state index contributed by atoms with van der Waals surface area (Å²) in [6.07, 6.45) is 1.61. The van der Waals surface area contributed by atoms with Crippen LogP contribution in [0.1, 0.15) is 33.1 Å². The number of aliphatic hydroxyl groups excluding tert-OH is 2. The van der Waals surface area contributed by atoms with Crippen LogP contribution < -0.4 is 0 Å². The van der Waals surface area contributed by atoms with E-state index in [1.54, 1.807) is 6.92 Å². The highest BCUT2D eigenvalue weighted by atomic mass is 16.3. The second-order valence-corrected chi connectivity index (χ2v) is 2.53. The summed E-state index contributed by atoms with van der Waals surface area (Å²) in [5.74, 6) is 0. The molecule has 56 valence electrons. The molecule has 0 unspecified atom stereocenters. The van der Waals surface area contributed by atoms with Crippen molar-refractivity contribution in [1.29, 1.82) is 0 Å². The number of aliphatic hydroxyl groups is 2. The molecular formula is C7H16O2. The fourth-order valence-electron chi connectivity index (χ4n) is 0.845. The maximum atomic E-state index is 9.06. The SMILES string of the molecule is CCC[C@@H](O)C[C@H](C)O. The first-order valence-corrected chi connectivity index (χ1v) is 3.53. The van der Waals surface area contributed by atoms with Crippen LogP contribution in [0.2, 0.25) is 0 Å². The third-order valence-corrected chi connectivity index (χ3v) is 1.24. The minimum absolute atomic E-state index is 0.310. The lowest BCUT2D eigenvalue weighted by molar-refractivity contribution is 0.0848. The third kappa shape index (κ3) is 5.80. The summed E-state index contributed by atoms with van der Waals surface area (Å²) in [4.78, 5) is 0. The van der Waals surface area contributed by atoms with E-state index in [2.05, 4.69) is 0 Å². The smallest absolute Gasteiger partial charge is 0.0564 e. The Labute approximate surface area is 56.5 Å². The summed E-state index contributed by atoms with van der Waals surface area (Å²) < 4.78 is 0. The largest absolute Gasteiger partial charge is 0.393 e. The maximum Gasteiger partial charge on any atom is 0.0564 e. The average molecular weight is 132 g/mol. The van der Waals surface area contributed by atoms with Gasteiger partial charge < -0.3 is 10.2 Å². The first-order valence-electron chi connectivity index (χ1n) is 3.53. The molecule has 0 radical (unpaired) electrons. The highest BCUT2D eigenvalue weighted by Gasteiger charge is 2.05. The molecule has 0 aliphatic heterocycles. The Kier molecular flexibility index (Phi) is 4.72. The van der Waals surface area contributed by atoms with Crippen molar-refractivity contribution in [2.24, 2.45) is 0 Å². The van der Waals surface area contributed by atoms with E-state index in [-0.39, 0.29) is 12.2 Å². The third-order valence-electron chi connectivity index (χ3n) is 1.24. The van der Waals surface area contributed by atoms with Crippen molar-refractivity contribution in [1.82, 2.24) is 0 Å². The van der Waals surface area contributed by atoms with Gasteiger partial charge >= 0.3 is 0 Å². The molecule has 0 aromatic rings. The molecule has 0 aromatic carbocycles. The Morgan fingerprint density at radius 2 is 1.89 bits per heavy atom. The number of rotatable bonds is 4. The van der Waals surface area contributed by atoms with Crippen LogP contribution in [-0.4, -0.2) is 22.4 Å². The molecule has 0 aliphatic carbocycles. The fraction of sp³-hybridized carbons (Fsp3) is 1.00. The fourth-order valence-corrected chi connectivity index (χ4v) is 0.845. The minimum Gasteiger partial charge on any atom is -0.393 e. The highest BCUT2D eigenvalue weighted by molar-refractivity contribution is 4.57. The summed E-state index contributed by atoms with van der Waals surface area (Å²) in [6, 6.07) is 0. The monoisotopic (exact) mass is 132 g/mol. The molecule has 0 saturated heterocycles. The van der Waals surface area contributed by atoms with Gasteiger partial charge in [-0.3, -0.25) is 0 Å². The van der Waals surface area contributed by atoms with Gasteiger partial charge in [0.15, 0.2) is 0 Å². The van der Waals surface area contributed by atoms with Crippen molar-refractivity contribution in [2.75, 3.05) is 0 Å². The van der Waals surface area contributed by atoms with E-state index >= 15 is 0 Å². The lowest BCUT2D eigenvalue weighted by Gasteiger charge is -2.09. The van der Waals surface area contributed by atoms with Gasteiger partial charge in [0.2, 0.25) is 0 Å². The second-order valence-electron chi connectivity index (χ2n) is 2.53. The molecule has 9 heavy (non-hydrogen) atoms. The van der Waals surface area contributed by atoms with E-state index in [4.69, 9.17) is 10.2 Å². The molecule has 0 bridgehead atoms. The van der Waals surface area contributed by atoms with Crippen LogP contribution in [0.15, 0.2) is 0 Å². The van der Waals surface area contributed by atoms with E-state index in [9.17, 15) is 0 Å². The Morgan fingerprint density at radius 3 is 2.22 bits per heavy atom. The standard InChI is InChI=1S/C7H16O2/c1-3-4-7(9)5-6(2)8/h6-9H,3-5H2,1-2H3/t6-,7+/m0/s1. The Morgan fingerprint density at radius 1 is 1.33 bits per heavy atom. The van der Waals surface area contributed by atoms with Crippen LogP contribution in [0.3, 0.4) is 0 Å². The molecule has 2 heteroatoms. The van der Waals surface area contributed by atoms with Crippen LogP contribution in [0.5, 0.6) is 0 Å². The van der Waals surface area contributed by atoms with E-state index < -0.39 is 0 Å². The maximum absolute atomic E-state index is 9.06. The average Bonchev–Trinajstić information content (AvgIpc) is 1.63. The van der Waals surface area contributed by atoms with Crippen molar-refractivity contribution in [3.63, 3.8) is 0 Å². The van der Waals surface area contributed by atoms with Gasteiger partial charge in [-0.15, -0.1) is 0 Å². The normalized spacial score (nSPS) is 17.3. The summed E-state index contributed by atoms with van der Waals surface area (Å²) in [6.45, 7) is 3.71. The van der Waals surface area contributed by atoms with Crippen molar-refractivity contribution < 1.29 is 10.2 Å². The quantitative estimate of drug-likeness (QED) is 0.597. The molecule has 0 fully saturated rings. The molecule has 2 nitrogen and oxygen atoms in total. The van der Waals surface area contributed by atoms with Crippen LogP contribution >= 0.6 is 0 Å². The van der Waals surface area contributed by atoms with Gasteiger partial charge in [-0.1, -0.05) is 13.3 Å². The zero-order chi connectivity index (χ0) is 7.28. The molecule has 2 N–H and O–H groups in total. The van der Waals surface area contributed by atoms with Gasteiger partial charge in [0.05, 0.1) is 12.2 Å². The number of hydrogen-bond acceptors (Lipinski definition) is 2. The molecular weight excluding hydrogens is 116 g/mol. The van der Waals surface area contributed by atoms with Crippen molar-refractivity contribution in [2.45, 2.75) is 45.3 Å². The zero-order valence-corrected chi connectivity index (χ0v) is 6.17. The van der Waals surface area contributed by atoms with Gasteiger partial charge in [-0.2, -0.15) is 0 Å². The lowest BCUT2D eigenvalue weighted by atomic mass is 10.1. The van der Waals surface area contributed by atoms with E-state index in [1.165, 1.54) is 0 Å². The van der Waals surface area contributed by atoms with Crippen LogP contribution in [0.4, 0.5) is 0 Å². The summed E-state index contributed by atoms with van der Waals surface area (Å²) in [7, 11) is 0. The van der Waals surface area contributed by atoms with E-state index in [0.717, 1.165) is 12.8 Å². The molecule has 2 atom stereocenters. The molecule has 0 heterocycles. The molecule has 0 saturated carbocycles. The predicted octanol–water partition coefficient (Wildman–Crippen LogP) is 0.918. The summed E-state index contributed by atoms with van der Waals surface area (Å²) in [5.41, 5.74) is 0. The summed E-state index contributed by atoms with van der Waals surface area (Å²) in [5, 5.41) is 17.8. The molecule has 0 rings (SSSR count). The molecule has 0 spiro atoms. The van der Waals surface area contributed by atoms with Crippen molar-refractivity contribution in [3.05, 3.63) is 0 Å². The summed E-state index contributed by atoms with van der Waals surface area (Å²) >= 11 is 0. The zero-order valence-electron chi connectivity index (χ0n) is 6.17. The molecule has 0 aliphatic rings. The Balaban J connectivity index is 3.15. The highest BCUT2D eigenvalue weighted by Crippen LogP contribution is 2.03. The molecule has 0 aromatic heterocycles.